The van der Waals surface area contributed by atoms with Crippen LogP contribution < -0.4 is 10.1 Å². The zero-order valence-corrected chi connectivity index (χ0v) is 16.3. The van der Waals surface area contributed by atoms with Crippen molar-refractivity contribution in [2.75, 3.05) is 25.5 Å². The van der Waals surface area contributed by atoms with Crippen LogP contribution in [0.3, 0.4) is 0 Å². The normalized spacial score (nSPS) is 14.9. The first-order valence-corrected chi connectivity index (χ1v) is 10.4. The van der Waals surface area contributed by atoms with Gasteiger partial charge in [-0.25, -0.2) is 8.42 Å². The van der Waals surface area contributed by atoms with Gasteiger partial charge in [-0.05, 0) is 43.2 Å². The molecule has 28 heavy (non-hydrogen) atoms. The number of piperidine rings is 1. The third kappa shape index (κ3) is 4.16. The first-order valence-electron chi connectivity index (χ1n) is 8.95. The fraction of sp³-hybridized carbons (Fsp3) is 0.300. The predicted octanol–water partition coefficient (Wildman–Crippen LogP) is 2.99. The van der Waals surface area contributed by atoms with Crippen molar-refractivity contribution in [2.24, 2.45) is 0 Å². The van der Waals surface area contributed by atoms with Gasteiger partial charge in [0.15, 0.2) is 0 Å². The maximum atomic E-state index is 13.0. The van der Waals surface area contributed by atoms with Gasteiger partial charge in [-0.15, -0.1) is 0 Å². The summed E-state index contributed by atoms with van der Waals surface area (Å²) in [5.41, 5.74) is 0.668. The highest BCUT2D eigenvalue weighted by molar-refractivity contribution is 7.89. The largest absolute Gasteiger partial charge is 0.495 e. The second-order valence-electron chi connectivity index (χ2n) is 6.48. The molecule has 0 bridgehead atoms. The van der Waals surface area contributed by atoms with Crippen LogP contribution in [-0.2, 0) is 10.0 Å². The zero-order valence-electron chi connectivity index (χ0n) is 15.5. The van der Waals surface area contributed by atoms with E-state index in [9.17, 15) is 18.5 Å². The molecule has 1 saturated heterocycles. The molecule has 1 aliphatic rings. The third-order valence-electron chi connectivity index (χ3n) is 4.61. The van der Waals surface area contributed by atoms with Crippen molar-refractivity contribution >= 4 is 21.6 Å². The van der Waals surface area contributed by atoms with E-state index in [2.05, 4.69) is 5.32 Å². The monoisotopic (exact) mass is 399 g/mol. The molecule has 0 aromatic heterocycles. The van der Waals surface area contributed by atoms with Crippen LogP contribution in [0.2, 0.25) is 0 Å². The Morgan fingerprint density at radius 1 is 1.14 bits per heavy atom. The molecule has 1 fully saturated rings. The Kier molecular flexibility index (Phi) is 5.97. The van der Waals surface area contributed by atoms with E-state index in [0.29, 0.717) is 24.5 Å². The Labute approximate surface area is 164 Å². The van der Waals surface area contributed by atoms with Crippen LogP contribution in [0.1, 0.15) is 35.2 Å². The summed E-state index contributed by atoms with van der Waals surface area (Å²) in [5.74, 6) is -0.0369. The summed E-state index contributed by atoms with van der Waals surface area (Å²) in [5, 5.41) is 12.0. The molecule has 1 N–H and O–H groups in total. The Bertz CT molecular complexity index is 1020. The molecule has 0 atom stereocenters. The molecule has 3 rings (SSSR count). The third-order valence-corrected chi connectivity index (χ3v) is 6.48. The van der Waals surface area contributed by atoms with Gasteiger partial charge in [-0.2, -0.15) is 9.57 Å². The van der Waals surface area contributed by atoms with Crippen molar-refractivity contribution in [3.8, 4) is 11.8 Å². The lowest BCUT2D eigenvalue weighted by molar-refractivity contribution is 0.102. The van der Waals surface area contributed by atoms with E-state index in [-0.39, 0.29) is 16.0 Å². The lowest BCUT2D eigenvalue weighted by atomic mass is 10.1. The van der Waals surface area contributed by atoms with Crippen molar-refractivity contribution in [3.05, 3.63) is 53.6 Å². The summed E-state index contributed by atoms with van der Waals surface area (Å²) in [6.07, 6.45) is 2.60. The predicted molar refractivity (Wildman–Crippen MR) is 105 cm³/mol. The highest BCUT2D eigenvalue weighted by Crippen LogP contribution is 2.26. The number of nitriles is 1. The molecule has 1 heterocycles. The van der Waals surface area contributed by atoms with Crippen LogP contribution in [0, 0.1) is 11.3 Å². The standard InChI is InChI=1S/C20H21N3O4S/c1-27-19-8-4-3-7-18(19)22-20(24)16-11-15(14-21)12-17(13-16)28(25,26)23-9-5-2-6-10-23/h3-4,7-8,11-13H,2,5-6,9-10H2,1H3,(H,22,24). The highest BCUT2D eigenvalue weighted by atomic mass is 32.2. The van der Waals surface area contributed by atoms with E-state index in [1.54, 1.807) is 24.3 Å². The number of ether oxygens (including phenoxy) is 1. The van der Waals surface area contributed by atoms with Crippen LogP contribution >= 0.6 is 0 Å². The Hall–Kier alpha value is -2.89. The number of rotatable bonds is 5. The van der Waals surface area contributed by atoms with Gasteiger partial charge in [-0.3, -0.25) is 4.79 Å². The minimum Gasteiger partial charge on any atom is -0.495 e. The second kappa shape index (κ2) is 8.42. The van der Waals surface area contributed by atoms with Gasteiger partial charge >= 0.3 is 0 Å². The van der Waals surface area contributed by atoms with Crippen molar-refractivity contribution in [3.63, 3.8) is 0 Å². The Balaban J connectivity index is 1.95. The molecule has 0 aliphatic carbocycles. The van der Waals surface area contributed by atoms with Crippen molar-refractivity contribution in [2.45, 2.75) is 24.2 Å². The van der Waals surface area contributed by atoms with E-state index in [1.165, 1.54) is 29.6 Å². The molecular formula is C20H21N3O4S. The minimum atomic E-state index is -3.76. The number of hydrogen-bond donors (Lipinski definition) is 1. The molecule has 0 radical (unpaired) electrons. The molecule has 2 aromatic carbocycles. The van der Waals surface area contributed by atoms with Crippen LogP contribution in [0.4, 0.5) is 5.69 Å². The summed E-state index contributed by atoms with van der Waals surface area (Å²) in [6.45, 7) is 0.893. The van der Waals surface area contributed by atoms with E-state index in [0.717, 1.165) is 19.3 Å². The second-order valence-corrected chi connectivity index (χ2v) is 8.41. The average Bonchev–Trinajstić information content (AvgIpc) is 2.74. The summed E-state index contributed by atoms with van der Waals surface area (Å²) < 4.78 is 32.5. The summed E-state index contributed by atoms with van der Waals surface area (Å²) in [7, 11) is -2.27. The van der Waals surface area contributed by atoms with Gasteiger partial charge in [0.1, 0.15) is 5.75 Å². The van der Waals surface area contributed by atoms with E-state index >= 15 is 0 Å². The number of para-hydroxylation sites is 2. The van der Waals surface area contributed by atoms with Gasteiger partial charge in [0, 0.05) is 18.7 Å². The first-order chi connectivity index (χ1) is 13.5. The molecule has 146 valence electrons. The topological polar surface area (TPSA) is 99.5 Å². The lowest BCUT2D eigenvalue weighted by Crippen LogP contribution is -2.35. The number of nitrogens with zero attached hydrogens (tertiary/aromatic N) is 2. The molecule has 0 unspecified atom stereocenters. The van der Waals surface area contributed by atoms with Crippen LogP contribution in [0.25, 0.3) is 0 Å². The number of anilines is 1. The number of nitrogens with one attached hydrogen (secondary N) is 1. The Morgan fingerprint density at radius 3 is 2.54 bits per heavy atom. The molecule has 0 spiro atoms. The highest BCUT2D eigenvalue weighted by Gasteiger charge is 2.27. The number of carbonyl (C=O) groups excluding carboxylic acids is 1. The molecule has 1 amide bonds. The SMILES string of the molecule is COc1ccccc1NC(=O)c1cc(C#N)cc(S(=O)(=O)N2CCCCC2)c1. The number of amides is 1. The number of hydrogen-bond acceptors (Lipinski definition) is 5. The molecule has 8 heteroatoms. The number of carbonyl (C=O) groups is 1. The Morgan fingerprint density at radius 2 is 1.86 bits per heavy atom. The molecule has 0 saturated carbocycles. The van der Waals surface area contributed by atoms with E-state index in [1.807, 2.05) is 6.07 Å². The van der Waals surface area contributed by atoms with Gasteiger partial charge < -0.3 is 10.1 Å². The zero-order chi connectivity index (χ0) is 20.1. The summed E-state index contributed by atoms with van der Waals surface area (Å²) >= 11 is 0. The number of sulfonamides is 1. The van der Waals surface area contributed by atoms with Gasteiger partial charge in [0.05, 0.1) is 29.3 Å². The average molecular weight is 399 g/mol. The van der Waals surface area contributed by atoms with Crippen molar-refractivity contribution in [1.29, 1.82) is 5.26 Å². The summed E-state index contributed by atoms with van der Waals surface area (Å²) in [6, 6.07) is 12.8. The molecule has 7 nitrogen and oxygen atoms in total. The van der Waals surface area contributed by atoms with Gasteiger partial charge in [0.2, 0.25) is 10.0 Å². The quantitative estimate of drug-likeness (QED) is 0.833. The maximum absolute atomic E-state index is 13.0. The fourth-order valence-corrected chi connectivity index (χ4v) is 4.73. The smallest absolute Gasteiger partial charge is 0.255 e. The maximum Gasteiger partial charge on any atom is 0.255 e. The van der Waals surface area contributed by atoms with Gasteiger partial charge in [-0.1, -0.05) is 18.6 Å². The van der Waals surface area contributed by atoms with Crippen molar-refractivity contribution in [1.82, 2.24) is 4.31 Å². The number of methoxy groups -OCH3 is 1. The van der Waals surface area contributed by atoms with E-state index < -0.39 is 15.9 Å². The molecule has 1 aliphatic heterocycles. The lowest BCUT2D eigenvalue weighted by Gasteiger charge is -2.26. The van der Waals surface area contributed by atoms with Crippen LogP contribution in [-0.4, -0.2) is 38.8 Å². The fourth-order valence-electron chi connectivity index (χ4n) is 3.14. The van der Waals surface area contributed by atoms with Crippen LogP contribution in [0.15, 0.2) is 47.4 Å². The minimum absolute atomic E-state index is 0.0429. The summed E-state index contributed by atoms with van der Waals surface area (Å²) in [4.78, 5) is 12.7. The number of benzene rings is 2. The molecule has 2 aromatic rings. The van der Waals surface area contributed by atoms with Gasteiger partial charge in [0.25, 0.3) is 5.91 Å². The first kappa shape index (κ1) is 19.9. The molecular weight excluding hydrogens is 378 g/mol. The van der Waals surface area contributed by atoms with E-state index in [4.69, 9.17) is 4.74 Å². The van der Waals surface area contributed by atoms with Crippen LogP contribution in [0.5, 0.6) is 5.75 Å². The van der Waals surface area contributed by atoms with Crippen molar-refractivity contribution < 1.29 is 17.9 Å².